The van der Waals surface area contributed by atoms with Crippen LogP contribution >= 0.6 is 0 Å². The van der Waals surface area contributed by atoms with E-state index in [0.29, 0.717) is 23.6 Å². The lowest BCUT2D eigenvalue weighted by Gasteiger charge is -2.29. The molecule has 3 aromatic carbocycles. The summed E-state index contributed by atoms with van der Waals surface area (Å²) in [6.45, 7) is 0.182. The minimum atomic E-state index is -1.03. The third-order valence-corrected chi connectivity index (χ3v) is 5.91. The molecular weight excluding hydrogens is 411 g/mol. The normalized spacial score (nSPS) is 18.7. The van der Waals surface area contributed by atoms with Gasteiger partial charge in [0.05, 0.1) is 6.61 Å². The van der Waals surface area contributed by atoms with Crippen LogP contribution in [0.2, 0.25) is 0 Å². The third-order valence-electron chi connectivity index (χ3n) is 5.91. The van der Waals surface area contributed by atoms with Crippen LogP contribution in [0.1, 0.15) is 37.2 Å². The van der Waals surface area contributed by atoms with Crippen molar-refractivity contribution in [2.75, 3.05) is 6.61 Å². The Hall–Kier alpha value is -2.89. The number of ether oxygens (including phenoxy) is 1. The molecule has 162 valence electrons. The lowest BCUT2D eigenvalue weighted by Crippen LogP contribution is -2.20. The van der Waals surface area contributed by atoms with Crippen molar-refractivity contribution in [3.05, 3.63) is 89.2 Å². The zero-order valence-corrected chi connectivity index (χ0v) is 16.7. The second-order valence-corrected chi connectivity index (χ2v) is 7.98. The first-order chi connectivity index (χ1) is 14.9. The zero-order valence-electron chi connectivity index (χ0n) is 16.7. The van der Waals surface area contributed by atoms with Crippen LogP contribution in [0, 0.1) is 35.0 Å². The summed E-state index contributed by atoms with van der Waals surface area (Å²) in [5.41, 5.74) is 2.60. The molecule has 0 amide bonds. The maximum absolute atomic E-state index is 13.7. The van der Waals surface area contributed by atoms with E-state index in [1.165, 1.54) is 11.6 Å². The van der Waals surface area contributed by atoms with Gasteiger partial charge in [0.15, 0.2) is 29.0 Å². The molecule has 1 nitrogen and oxygen atoms in total. The molecule has 0 radical (unpaired) electrons. The van der Waals surface area contributed by atoms with Crippen molar-refractivity contribution in [2.24, 2.45) is 5.92 Å². The average Bonchev–Trinajstić information content (AvgIpc) is 2.75. The minimum absolute atomic E-state index is 0.168. The van der Waals surface area contributed by atoms with Gasteiger partial charge in [0, 0.05) is 12.1 Å². The Morgan fingerprint density at radius 2 is 1.26 bits per heavy atom. The molecule has 1 saturated carbocycles. The zero-order chi connectivity index (χ0) is 22.0. The average molecular weight is 432 g/mol. The highest BCUT2D eigenvalue weighted by Gasteiger charge is 2.24. The van der Waals surface area contributed by atoms with Gasteiger partial charge in [-0.3, -0.25) is 0 Å². The molecule has 31 heavy (non-hydrogen) atoms. The van der Waals surface area contributed by atoms with Crippen LogP contribution in [0.3, 0.4) is 0 Å². The Morgan fingerprint density at radius 1 is 0.645 bits per heavy atom. The summed E-state index contributed by atoms with van der Waals surface area (Å²) >= 11 is 0. The van der Waals surface area contributed by atoms with Crippen molar-refractivity contribution in [3.8, 4) is 16.9 Å². The molecular formula is C25H21F5O. The fourth-order valence-electron chi connectivity index (χ4n) is 4.15. The maximum Gasteiger partial charge on any atom is 0.190 e. The van der Waals surface area contributed by atoms with Gasteiger partial charge in [0.25, 0.3) is 0 Å². The van der Waals surface area contributed by atoms with E-state index in [-0.39, 0.29) is 12.5 Å². The van der Waals surface area contributed by atoms with Gasteiger partial charge in [-0.1, -0.05) is 30.3 Å². The van der Waals surface area contributed by atoms with E-state index < -0.39 is 34.8 Å². The molecule has 0 bridgehead atoms. The van der Waals surface area contributed by atoms with Gasteiger partial charge in [0.2, 0.25) is 0 Å². The number of rotatable bonds is 5. The SMILES string of the molecule is Fc1cc(F)c(OCC2CCC(c3ccc(-c4ccc(F)c(F)c4)cc3)CC2)c(F)c1. The molecule has 1 aliphatic rings. The molecule has 4 rings (SSSR count). The summed E-state index contributed by atoms with van der Waals surface area (Å²) in [5.74, 6) is -4.79. The van der Waals surface area contributed by atoms with Crippen LogP contribution in [-0.4, -0.2) is 6.61 Å². The molecule has 6 heteroatoms. The molecule has 0 saturated heterocycles. The van der Waals surface area contributed by atoms with Crippen molar-refractivity contribution in [2.45, 2.75) is 31.6 Å². The summed E-state index contributed by atoms with van der Waals surface area (Å²) in [4.78, 5) is 0. The Kier molecular flexibility index (Phi) is 6.25. The summed E-state index contributed by atoms with van der Waals surface area (Å²) in [5, 5.41) is 0. The second kappa shape index (κ2) is 9.08. The van der Waals surface area contributed by atoms with E-state index >= 15 is 0 Å². The summed E-state index contributed by atoms with van der Waals surface area (Å²) in [6, 6.07) is 12.9. The van der Waals surface area contributed by atoms with Crippen LogP contribution in [0.25, 0.3) is 11.1 Å². The highest BCUT2D eigenvalue weighted by molar-refractivity contribution is 5.63. The van der Waals surface area contributed by atoms with Crippen molar-refractivity contribution in [1.29, 1.82) is 0 Å². The smallest absolute Gasteiger partial charge is 0.190 e. The Bertz CT molecular complexity index is 1030. The van der Waals surface area contributed by atoms with E-state index in [2.05, 4.69) is 0 Å². The minimum Gasteiger partial charge on any atom is -0.487 e. The number of hydrogen-bond donors (Lipinski definition) is 0. The molecule has 3 aromatic rings. The maximum atomic E-state index is 13.7. The summed E-state index contributed by atoms with van der Waals surface area (Å²) in [7, 11) is 0. The lowest BCUT2D eigenvalue weighted by molar-refractivity contribution is 0.187. The Balaban J connectivity index is 1.33. The van der Waals surface area contributed by atoms with Crippen molar-refractivity contribution in [3.63, 3.8) is 0 Å². The van der Waals surface area contributed by atoms with E-state index in [4.69, 9.17) is 4.74 Å². The molecule has 0 spiro atoms. The van der Waals surface area contributed by atoms with Crippen molar-refractivity contribution in [1.82, 2.24) is 0 Å². The molecule has 0 aromatic heterocycles. The monoisotopic (exact) mass is 432 g/mol. The quantitative estimate of drug-likeness (QED) is 0.382. The highest BCUT2D eigenvalue weighted by Crippen LogP contribution is 2.37. The van der Waals surface area contributed by atoms with E-state index in [9.17, 15) is 22.0 Å². The predicted octanol–water partition coefficient (Wildman–Crippen LogP) is 7.40. The third kappa shape index (κ3) is 4.89. The number of benzene rings is 3. The van der Waals surface area contributed by atoms with Gasteiger partial charge in [-0.25, -0.2) is 22.0 Å². The Labute approximate surface area is 177 Å². The fourth-order valence-corrected chi connectivity index (χ4v) is 4.15. The topological polar surface area (TPSA) is 9.23 Å². The first kappa shape index (κ1) is 21.3. The van der Waals surface area contributed by atoms with E-state index in [0.717, 1.165) is 37.3 Å². The first-order valence-corrected chi connectivity index (χ1v) is 10.2. The highest BCUT2D eigenvalue weighted by atomic mass is 19.2. The van der Waals surface area contributed by atoms with Crippen LogP contribution in [0.4, 0.5) is 22.0 Å². The standard InChI is InChI=1S/C25H21F5O/c26-20-12-23(29)25(24(30)13-20)31-14-15-1-3-16(4-2-15)17-5-7-18(8-6-17)19-9-10-21(27)22(28)11-19/h5-13,15-16H,1-4,14H2. The van der Waals surface area contributed by atoms with Gasteiger partial charge in [-0.2, -0.15) is 0 Å². The molecule has 0 atom stereocenters. The molecule has 1 aliphatic carbocycles. The van der Waals surface area contributed by atoms with E-state index in [1.54, 1.807) is 6.07 Å². The van der Waals surface area contributed by atoms with Crippen LogP contribution in [0.15, 0.2) is 54.6 Å². The first-order valence-electron chi connectivity index (χ1n) is 10.2. The molecule has 0 heterocycles. The molecule has 0 unspecified atom stereocenters. The largest absolute Gasteiger partial charge is 0.487 e. The van der Waals surface area contributed by atoms with Gasteiger partial charge in [-0.15, -0.1) is 0 Å². The molecule has 1 fully saturated rings. The molecule has 0 N–H and O–H groups in total. The number of halogens is 5. The summed E-state index contributed by atoms with van der Waals surface area (Å²) < 4.78 is 72.3. The van der Waals surface area contributed by atoms with Gasteiger partial charge >= 0.3 is 0 Å². The lowest BCUT2D eigenvalue weighted by atomic mass is 9.79. The predicted molar refractivity (Wildman–Crippen MR) is 108 cm³/mol. The van der Waals surface area contributed by atoms with Crippen LogP contribution in [0.5, 0.6) is 5.75 Å². The summed E-state index contributed by atoms with van der Waals surface area (Å²) in [6.07, 6.45) is 3.51. The fraction of sp³-hybridized carbons (Fsp3) is 0.280. The Morgan fingerprint density at radius 3 is 1.87 bits per heavy atom. The van der Waals surface area contributed by atoms with Crippen molar-refractivity contribution < 1.29 is 26.7 Å². The van der Waals surface area contributed by atoms with Gasteiger partial charge in [-0.05, 0) is 66.3 Å². The van der Waals surface area contributed by atoms with E-state index in [1.807, 2.05) is 24.3 Å². The molecule has 0 aliphatic heterocycles. The van der Waals surface area contributed by atoms with Crippen molar-refractivity contribution >= 4 is 0 Å². The van der Waals surface area contributed by atoms with Gasteiger partial charge in [0.1, 0.15) is 5.82 Å². The number of hydrogen-bond acceptors (Lipinski definition) is 1. The van der Waals surface area contributed by atoms with Crippen LogP contribution < -0.4 is 4.74 Å². The van der Waals surface area contributed by atoms with Gasteiger partial charge < -0.3 is 4.74 Å². The van der Waals surface area contributed by atoms with Crippen LogP contribution in [-0.2, 0) is 0 Å². The second-order valence-electron chi connectivity index (χ2n) is 7.98.